The average molecular weight is 536 g/mol. The molecule has 11 heteroatoms. The monoisotopic (exact) mass is 535 g/mol. The number of benzene rings is 1. The molecule has 7 nitrogen and oxygen atoms in total. The summed E-state index contributed by atoms with van der Waals surface area (Å²) >= 11 is 0. The Morgan fingerprint density at radius 2 is 1.87 bits per heavy atom. The maximum absolute atomic E-state index is 14.7. The number of amides is 2. The maximum Gasteiger partial charge on any atom is 0.400 e. The number of halogens is 4. The van der Waals surface area contributed by atoms with Crippen molar-refractivity contribution in [3.63, 3.8) is 0 Å². The van der Waals surface area contributed by atoms with Crippen molar-refractivity contribution in [2.75, 3.05) is 5.32 Å². The number of fused-ring (bicyclic) bond motifs is 1. The second-order valence-corrected chi connectivity index (χ2v) is 9.22. The van der Waals surface area contributed by atoms with E-state index in [4.69, 9.17) is 0 Å². The Bertz CT molecular complexity index is 1640. The van der Waals surface area contributed by atoms with E-state index in [2.05, 4.69) is 25.6 Å². The van der Waals surface area contributed by atoms with Crippen LogP contribution in [-0.2, 0) is 0 Å². The van der Waals surface area contributed by atoms with Crippen molar-refractivity contribution < 1.29 is 27.2 Å². The number of ketones is 1. The molecule has 39 heavy (non-hydrogen) atoms. The molecule has 0 saturated heterocycles. The highest BCUT2D eigenvalue weighted by Crippen LogP contribution is 2.49. The molecule has 4 aromatic rings. The van der Waals surface area contributed by atoms with Crippen LogP contribution in [0.5, 0.6) is 0 Å². The molecule has 1 unspecified atom stereocenters. The zero-order valence-electron chi connectivity index (χ0n) is 20.4. The van der Waals surface area contributed by atoms with E-state index in [1.54, 1.807) is 36.9 Å². The number of hydrogen-bond acceptors (Lipinski definition) is 4. The van der Waals surface area contributed by atoms with Gasteiger partial charge < -0.3 is 15.6 Å². The Labute approximate surface area is 219 Å². The summed E-state index contributed by atoms with van der Waals surface area (Å²) in [6.07, 6.45) is 3.39. The van der Waals surface area contributed by atoms with Gasteiger partial charge in [0, 0.05) is 58.1 Å². The summed E-state index contributed by atoms with van der Waals surface area (Å²) in [5.74, 6) is -1.82. The number of aromatic nitrogens is 3. The first-order valence-electron chi connectivity index (χ1n) is 11.8. The molecule has 3 heterocycles. The first-order chi connectivity index (χ1) is 18.6. The fourth-order valence-corrected chi connectivity index (χ4v) is 4.27. The summed E-state index contributed by atoms with van der Waals surface area (Å²) in [5.41, 5.74) is -0.407. The van der Waals surface area contributed by atoms with Gasteiger partial charge in [-0.25, -0.2) is 14.2 Å². The first kappa shape index (κ1) is 25.8. The molecule has 0 radical (unpaired) electrons. The number of carbonyl (C=O) groups excluding carboxylic acids is 2. The maximum atomic E-state index is 14.7. The van der Waals surface area contributed by atoms with Crippen molar-refractivity contribution >= 4 is 28.5 Å². The minimum Gasteiger partial charge on any atom is -0.345 e. The van der Waals surface area contributed by atoms with Crippen LogP contribution in [0.4, 0.5) is 28.0 Å². The standard InChI is InChI=1S/C28H21F4N5O2/c1-27(28(30,31)32)9-3-8-22(24(27)29)37-26(39)36-19-7-2-5-16(11-19)23(38)21-15-35-25-20(21)12-18(14-34-25)17-6-4-10-33-13-17/h2-8,10-15H,9H2,1H3,(H,34,35)(H2,36,37,39). The molecule has 0 aliphatic heterocycles. The molecule has 1 aliphatic carbocycles. The van der Waals surface area contributed by atoms with E-state index in [-0.39, 0.29) is 17.0 Å². The lowest BCUT2D eigenvalue weighted by molar-refractivity contribution is -0.209. The molecule has 3 aromatic heterocycles. The third kappa shape index (κ3) is 4.90. The quantitative estimate of drug-likeness (QED) is 0.196. The highest BCUT2D eigenvalue weighted by atomic mass is 19.4. The lowest BCUT2D eigenvalue weighted by Gasteiger charge is -2.32. The van der Waals surface area contributed by atoms with E-state index < -0.39 is 35.6 Å². The molecule has 0 spiro atoms. The summed E-state index contributed by atoms with van der Waals surface area (Å²) in [6.45, 7) is 0.737. The van der Waals surface area contributed by atoms with Crippen molar-refractivity contribution in [2.45, 2.75) is 19.5 Å². The minimum atomic E-state index is -4.84. The summed E-state index contributed by atoms with van der Waals surface area (Å²) < 4.78 is 54.9. The average Bonchev–Trinajstić information content (AvgIpc) is 3.34. The van der Waals surface area contributed by atoms with E-state index in [1.807, 2.05) is 12.1 Å². The van der Waals surface area contributed by atoms with Gasteiger partial charge in [0.2, 0.25) is 0 Å². The number of hydrogen-bond donors (Lipinski definition) is 3. The van der Waals surface area contributed by atoms with Crippen molar-refractivity contribution in [3.8, 4) is 11.1 Å². The van der Waals surface area contributed by atoms with Gasteiger partial charge in [0.1, 0.15) is 16.9 Å². The number of nitrogens with zero attached hydrogens (tertiary/aromatic N) is 2. The highest BCUT2D eigenvalue weighted by molar-refractivity contribution is 6.16. The van der Waals surface area contributed by atoms with Crippen molar-refractivity contribution in [1.82, 2.24) is 20.3 Å². The molecule has 0 bridgehead atoms. The minimum absolute atomic E-state index is 0.187. The van der Waals surface area contributed by atoms with Crippen LogP contribution in [0.3, 0.4) is 0 Å². The first-order valence-corrected chi connectivity index (χ1v) is 11.8. The van der Waals surface area contributed by atoms with Crippen LogP contribution in [0, 0.1) is 5.41 Å². The van der Waals surface area contributed by atoms with Crippen LogP contribution >= 0.6 is 0 Å². The number of rotatable bonds is 5. The number of H-pyrrole nitrogens is 1. The number of urea groups is 1. The number of aromatic amines is 1. The third-order valence-electron chi connectivity index (χ3n) is 6.56. The van der Waals surface area contributed by atoms with Crippen LogP contribution < -0.4 is 10.6 Å². The van der Waals surface area contributed by atoms with Crippen LogP contribution in [-0.4, -0.2) is 32.9 Å². The lowest BCUT2D eigenvalue weighted by atomic mass is 9.81. The number of anilines is 1. The molecule has 0 saturated carbocycles. The Morgan fingerprint density at radius 1 is 1.05 bits per heavy atom. The lowest BCUT2D eigenvalue weighted by Crippen LogP contribution is -2.40. The third-order valence-corrected chi connectivity index (χ3v) is 6.56. The summed E-state index contributed by atoms with van der Waals surface area (Å²) in [7, 11) is 0. The Hall–Kier alpha value is -4.80. The fourth-order valence-electron chi connectivity index (χ4n) is 4.27. The van der Waals surface area contributed by atoms with Crippen LogP contribution in [0.2, 0.25) is 0 Å². The summed E-state index contributed by atoms with van der Waals surface area (Å²) in [5, 5.41) is 5.16. The molecular formula is C28H21F4N5O2. The van der Waals surface area contributed by atoms with Crippen molar-refractivity contribution in [2.24, 2.45) is 5.41 Å². The number of alkyl halides is 3. The summed E-state index contributed by atoms with van der Waals surface area (Å²) in [4.78, 5) is 37.3. The molecule has 5 rings (SSSR count). The number of pyridine rings is 2. The van der Waals surface area contributed by atoms with Gasteiger partial charge in [-0.2, -0.15) is 13.2 Å². The zero-order chi connectivity index (χ0) is 27.8. The molecular weight excluding hydrogens is 514 g/mol. The number of carbonyl (C=O) groups is 2. The molecule has 1 aromatic carbocycles. The van der Waals surface area contributed by atoms with Gasteiger partial charge in [-0.15, -0.1) is 0 Å². The van der Waals surface area contributed by atoms with Gasteiger partial charge in [-0.05, 0) is 43.7 Å². The van der Waals surface area contributed by atoms with Crippen molar-refractivity contribution in [3.05, 3.63) is 102 Å². The van der Waals surface area contributed by atoms with Gasteiger partial charge in [0.25, 0.3) is 0 Å². The second kappa shape index (κ2) is 9.82. The van der Waals surface area contributed by atoms with E-state index in [9.17, 15) is 27.2 Å². The van der Waals surface area contributed by atoms with Gasteiger partial charge >= 0.3 is 12.2 Å². The number of allylic oxidation sites excluding steroid dienone is 3. The Balaban J connectivity index is 1.36. The Kier molecular flexibility index (Phi) is 6.51. The van der Waals surface area contributed by atoms with E-state index in [0.29, 0.717) is 16.6 Å². The van der Waals surface area contributed by atoms with E-state index in [1.165, 1.54) is 18.2 Å². The molecule has 3 N–H and O–H groups in total. The van der Waals surface area contributed by atoms with E-state index in [0.717, 1.165) is 30.2 Å². The normalized spacial score (nSPS) is 17.4. The predicted molar refractivity (Wildman–Crippen MR) is 137 cm³/mol. The fraction of sp³-hybridized carbons (Fsp3) is 0.143. The van der Waals surface area contributed by atoms with Crippen LogP contribution in [0.15, 0.2) is 90.9 Å². The Morgan fingerprint density at radius 3 is 2.62 bits per heavy atom. The van der Waals surface area contributed by atoms with E-state index >= 15 is 0 Å². The van der Waals surface area contributed by atoms with Crippen molar-refractivity contribution in [1.29, 1.82) is 0 Å². The van der Waals surface area contributed by atoms with Gasteiger partial charge in [-0.1, -0.05) is 24.3 Å². The van der Waals surface area contributed by atoms with Gasteiger partial charge in [0.05, 0.1) is 5.70 Å². The predicted octanol–water partition coefficient (Wildman–Crippen LogP) is 6.69. The van der Waals surface area contributed by atoms with Crippen LogP contribution in [0.1, 0.15) is 29.3 Å². The second-order valence-electron chi connectivity index (χ2n) is 9.22. The smallest absolute Gasteiger partial charge is 0.345 e. The topological polar surface area (TPSA) is 99.8 Å². The molecule has 1 aliphatic rings. The van der Waals surface area contributed by atoms with Crippen LogP contribution in [0.25, 0.3) is 22.2 Å². The summed E-state index contributed by atoms with van der Waals surface area (Å²) in [6, 6.07) is 10.5. The zero-order valence-corrected chi connectivity index (χ0v) is 20.4. The molecule has 1 atom stereocenters. The largest absolute Gasteiger partial charge is 0.400 e. The SMILES string of the molecule is CC1(C(F)(F)F)CC=CC(NC(=O)Nc2cccc(C(=O)c3c[nH]c4ncc(-c5cccnc5)cc34)c2)=C1F. The van der Waals surface area contributed by atoms with Gasteiger partial charge in [-0.3, -0.25) is 9.78 Å². The molecule has 2 amide bonds. The number of nitrogens with one attached hydrogen (secondary N) is 3. The highest BCUT2D eigenvalue weighted by Gasteiger charge is 2.55. The van der Waals surface area contributed by atoms with Gasteiger partial charge in [0.15, 0.2) is 5.78 Å². The molecule has 198 valence electrons. The molecule has 0 fully saturated rings.